The van der Waals surface area contributed by atoms with E-state index in [-0.39, 0.29) is 0 Å². The quantitative estimate of drug-likeness (QED) is 0.484. The number of aromatic amines is 1. The van der Waals surface area contributed by atoms with Crippen LogP contribution in [0.3, 0.4) is 0 Å². The van der Waals surface area contributed by atoms with E-state index in [1.807, 2.05) is 0 Å². The molecular weight excluding hydrogens is 190 g/mol. The van der Waals surface area contributed by atoms with Crippen LogP contribution in [0.2, 0.25) is 0 Å². The van der Waals surface area contributed by atoms with E-state index in [2.05, 4.69) is 10.2 Å². The van der Waals surface area contributed by atoms with Gasteiger partial charge in [-0.2, -0.15) is 5.10 Å². The number of nitrogens with one attached hydrogen (secondary N) is 1. The van der Waals surface area contributed by atoms with Crippen LogP contribution >= 0.6 is 0 Å². The molecule has 0 aromatic carbocycles. The van der Waals surface area contributed by atoms with Crippen molar-refractivity contribution in [2.24, 2.45) is 0 Å². The van der Waals surface area contributed by atoms with Crippen molar-refractivity contribution in [3.63, 3.8) is 0 Å². The average molecular weight is 199 g/mol. The molecule has 0 amide bonds. The lowest BCUT2D eigenvalue weighted by Crippen LogP contribution is -1.91. The molecule has 0 fully saturated rings. The summed E-state index contributed by atoms with van der Waals surface area (Å²) < 4.78 is 0. The van der Waals surface area contributed by atoms with Crippen LogP contribution in [0.15, 0.2) is 24.4 Å². The van der Waals surface area contributed by atoms with E-state index in [4.69, 9.17) is 15.9 Å². The summed E-state index contributed by atoms with van der Waals surface area (Å²) in [6, 6.07) is 1.69. The molecule has 0 atom stereocenters. The number of carboxylic acids is 2. The van der Waals surface area contributed by atoms with Gasteiger partial charge in [0.05, 0.1) is 0 Å². The van der Waals surface area contributed by atoms with Gasteiger partial charge in [0, 0.05) is 18.3 Å². The molecule has 0 aliphatic rings. The molecule has 1 aromatic rings. The summed E-state index contributed by atoms with van der Waals surface area (Å²) in [5, 5.41) is 21.7. The molecule has 0 aliphatic heterocycles. The van der Waals surface area contributed by atoms with Gasteiger partial charge in [0.25, 0.3) is 0 Å². The zero-order valence-electron chi connectivity index (χ0n) is 7.04. The fourth-order valence-corrected chi connectivity index (χ4v) is 0.414. The molecule has 14 heavy (non-hydrogen) atoms. The lowest BCUT2D eigenvalue weighted by atomic mass is 10.5. The van der Waals surface area contributed by atoms with Gasteiger partial charge >= 0.3 is 11.9 Å². The maximum absolute atomic E-state index is 9.55. The zero-order chi connectivity index (χ0) is 11.0. The van der Waals surface area contributed by atoms with E-state index in [1.54, 1.807) is 12.3 Å². The third-order valence-corrected chi connectivity index (χ3v) is 0.891. The van der Waals surface area contributed by atoms with Crippen molar-refractivity contribution in [1.82, 2.24) is 10.2 Å². The van der Waals surface area contributed by atoms with Gasteiger partial charge in [-0.05, 0) is 6.07 Å². The number of aromatic nitrogens is 2. The first-order chi connectivity index (χ1) is 6.52. The summed E-state index contributed by atoms with van der Waals surface area (Å²) >= 11 is 0. The van der Waals surface area contributed by atoms with Gasteiger partial charge in [-0.15, -0.1) is 0 Å². The molecule has 0 spiro atoms. The number of H-pyrrole nitrogens is 1. The zero-order valence-corrected chi connectivity index (χ0v) is 7.04. The molecule has 0 radical (unpaired) electrons. The van der Waals surface area contributed by atoms with E-state index < -0.39 is 11.9 Å². The standard InChI is InChI=1S/C4H4O4.C3H5N3/c5-3(6)1-2-4(7)8;4-3-1-2-5-6-3/h1-2H,(H,5,6)(H,7,8);1-2H,(H3,4,5,6)/b2-1-;. The lowest BCUT2D eigenvalue weighted by Gasteiger charge is -1.74. The minimum absolute atomic E-state index is 0.537. The molecule has 0 unspecified atom stereocenters. The normalized spacial score (nSPS) is 9.14. The molecule has 0 bridgehead atoms. The molecule has 0 aliphatic carbocycles. The number of anilines is 1. The smallest absolute Gasteiger partial charge is 0.328 e. The first kappa shape index (κ1) is 11.7. The number of nitrogens with two attached hydrogens (primary N) is 1. The highest BCUT2D eigenvalue weighted by Gasteiger charge is 1.88. The molecule has 1 heterocycles. The van der Waals surface area contributed by atoms with Crippen LogP contribution < -0.4 is 5.73 Å². The third kappa shape index (κ3) is 7.79. The number of rotatable bonds is 2. The van der Waals surface area contributed by atoms with Crippen molar-refractivity contribution in [3.05, 3.63) is 24.4 Å². The predicted molar refractivity (Wildman–Crippen MR) is 47.4 cm³/mol. The summed E-state index contributed by atoms with van der Waals surface area (Å²) in [6.07, 6.45) is 2.79. The van der Waals surface area contributed by atoms with E-state index in [0.29, 0.717) is 18.0 Å². The molecule has 1 rings (SSSR count). The summed E-state index contributed by atoms with van der Waals surface area (Å²) in [6.45, 7) is 0. The second kappa shape index (κ2) is 6.23. The molecule has 0 saturated heterocycles. The van der Waals surface area contributed by atoms with Gasteiger partial charge in [-0.1, -0.05) is 0 Å². The largest absolute Gasteiger partial charge is 0.478 e. The highest BCUT2D eigenvalue weighted by Crippen LogP contribution is 1.86. The maximum atomic E-state index is 9.55. The second-order valence-electron chi connectivity index (χ2n) is 2.01. The van der Waals surface area contributed by atoms with Crippen molar-refractivity contribution in [1.29, 1.82) is 0 Å². The first-order valence-corrected chi connectivity index (χ1v) is 3.41. The minimum atomic E-state index is -1.26. The molecule has 7 heteroatoms. The Hall–Kier alpha value is -2.31. The molecule has 1 aromatic heterocycles. The van der Waals surface area contributed by atoms with Crippen LogP contribution in [0.1, 0.15) is 0 Å². The van der Waals surface area contributed by atoms with Crippen molar-refractivity contribution in [2.45, 2.75) is 0 Å². The fourth-order valence-electron chi connectivity index (χ4n) is 0.414. The summed E-state index contributed by atoms with van der Waals surface area (Å²) in [5.41, 5.74) is 5.14. The van der Waals surface area contributed by atoms with Gasteiger partial charge < -0.3 is 15.9 Å². The average Bonchev–Trinajstić information content (AvgIpc) is 2.53. The first-order valence-electron chi connectivity index (χ1n) is 3.41. The van der Waals surface area contributed by atoms with E-state index in [1.165, 1.54) is 0 Å². The number of nitrogens with zero attached hydrogens (tertiary/aromatic N) is 1. The van der Waals surface area contributed by atoms with Crippen molar-refractivity contribution in [2.75, 3.05) is 5.73 Å². The summed E-state index contributed by atoms with van der Waals surface area (Å²) in [5.74, 6) is -1.98. The van der Waals surface area contributed by atoms with Crippen molar-refractivity contribution < 1.29 is 19.8 Å². The van der Waals surface area contributed by atoms with E-state index in [0.717, 1.165) is 0 Å². The Morgan fingerprint density at radius 1 is 1.36 bits per heavy atom. The summed E-state index contributed by atoms with van der Waals surface area (Å²) in [7, 11) is 0. The Morgan fingerprint density at radius 2 is 1.86 bits per heavy atom. The predicted octanol–water partition coefficient (Wildman–Crippen LogP) is -0.296. The number of carboxylic acid groups (broad SMARTS) is 2. The van der Waals surface area contributed by atoms with E-state index >= 15 is 0 Å². The minimum Gasteiger partial charge on any atom is -0.478 e. The number of aliphatic carboxylic acids is 2. The Kier molecular flexibility index (Phi) is 5.20. The number of hydrogen-bond donors (Lipinski definition) is 4. The Balaban J connectivity index is 0.000000249. The van der Waals surface area contributed by atoms with Crippen LogP contribution in [0.4, 0.5) is 5.82 Å². The third-order valence-electron chi connectivity index (χ3n) is 0.891. The molecule has 5 N–H and O–H groups in total. The van der Waals surface area contributed by atoms with Gasteiger partial charge in [-0.25, -0.2) is 9.59 Å². The van der Waals surface area contributed by atoms with Crippen LogP contribution in [0.25, 0.3) is 0 Å². The molecule has 0 saturated carbocycles. The van der Waals surface area contributed by atoms with Crippen LogP contribution in [0, 0.1) is 0 Å². The van der Waals surface area contributed by atoms with Gasteiger partial charge in [0.2, 0.25) is 0 Å². The Bertz CT molecular complexity index is 302. The monoisotopic (exact) mass is 199 g/mol. The Labute approximate surface area is 78.9 Å². The van der Waals surface area contributed by atoms with Crippen LogP contribution in [-0.2, 0) is 9.59 Å². The molecule has 76 valence electrons. The second-order valence-corrected chi connectivity index (χ2v) is 2.01. The van der Waals surface area contributed by atoms with Gasteiger partial charge in [0.1, 0.15) is 5.82 Å². The van der Waals surface area contributed by atoms with Crippen LogP contribution in [-0.4, -0.2) is 32.3 Å². The van der Waals surface area contributed by atoms with Crippen LogP contribution in [0.5, 0.6) is 0 Å². The topological polar surface area (TPSA) is 129 Å². The number of carbonyl (C=O) groups is 2. The SMILES string of the molecule is Nc1cc[nH]n1.O=C(O)/C=C\C(=O)O. The number of hydrogen-bond acceptors (Lipinski definition) is 4. The number of nitrogen functional groups attached to an aromatic ring is 1. The molecular formula is C7H9N3O4. The van der Waals surface area contributed by atoms with Crippen molar-refractivity contribution >= 4 is 17.8 Å². The highest BCUT2D eigenvalue weighted by molar-refractivity contribution is 5.89. The molecule has 7 nitrogen and oxygen atoms in total. The summed E-state index contributed by atoms with van der Waals surface area (Å²) in [4.78, 5) is 19.1. The highest BCUT2D eigenvalue weighted by atomic mass is 16.4. The van der Waals surface area contributed by atoms with Gasteiger partial charge in [0.15, 0.2) is 0 Å². The Morgan fingerprint density at radius 3 is 2.00 bits per heavy atom. The fraction of sp³-hybridized carbons (Fsp3) is 0. The van der Waals surface area contributed by atoms with E-state index in [9.17, 15) is 9.59 Å². The van der Waals surface area contributed by atoms with Crippen molar-refractivity contribution in [3.8, 4) is 0 Å². The maximum Gasteiger partial charge on any atom is 0.328 e. The van der Waals surface area contributed by atoms with Gasteiger partial charge in [-0.3, -0.25) is 5.10 Å². The lowest BCUT2D eigenvalue weighted by molar-refractivity contribution is -0.134.